The zero-order valence-electron chi connectivity index (χ0n) is 17.4. The fourth-order valence-electron chi connectivity index (χ4n) is 3.28. The first-order valence-corrected chi connectivity index (χ1v) is 10.2. The van der Waals surface area contributed by atoms with Crippen molar-refractivity contribution in [3.63, 3.8) is 0 Å². The average Bonchev–Trinajstić information content (AvgIpc) is 3.30. The van der Waals surface area contributed by atoms with E-state index in [1.165, 1.54) is 4.68 Å². The highest BCUT2D eigenvalue weighted by molar-refractivity contribution is 5.90. The third kappa shape index (κ3) is 5.29. The third-order valence-electron chi connectivity index (χ3n) is 4.90. The van der Waals surface area contributed by atoms with E-state index < -0.39 is 0 Å². The molecule has 0 atom stereocenters. The van der Waals surface area contributed by atoms with Gasteiger partial charge < -0.3 is 9.47 Å². The smallest absolute Gasteiger partial charge is 0.328 e. The maximum absolute atomic E-state index is 12.2. The van der Waals surface area contributed by atoms with Crippen molar-refractivity contribution in [1.82, 2.24) is 9.78 Å². The van der Waals surface area contributed by atoms with Crippen molar-refractivity contribution in [2.75, 3.05) is 0 Å². The van der Waals surface area contributed by atoms with Crippen molar-refractivity contribution in [1.29, 1.82) is 0 Å². The molecule has 0 saturated heterocycles. The van der Waals surface area contributed by atoms with Gasteiger partial charge in [-0.2, -0.15) is 5.10 Å². The highest BCUT2D eigenvalue weighted by atomic mass is 16.5. The van der Waals surface area contributed by atoms with Crippen LogP contribution < -0.4 is 4.74 Å². The van der Waals surface area contributed by atoms with Gasteiger partial charge >= 0.3 is 5.97 Å². The summed E-state index contributed by atoms with van der Waals surface area (Å²) in [5.74, 6) is 0.107. The summed E-state index contributed by atoms with van der Waals surface area (Å²) >= 11 is 0. The summed E-state index contributed by atoms with van der Waals surface area (Å²) in [5, 5.41) is 4.25. The Morgan fingerprint density at radius 2 is 1.56 bits per heavy atom. The van der Waals surface area contributed by atoms with Gasteiger partial charge in [0.2, 0.25) is 0 Å². The standard InChI is InChI=1S/C26H22N2O4/c29-17-24-23(12-7-13-25(24)31-18-20-8-3-1-4-9-20)22-14-27-28(15-22)16-26(30)32-19-21-10-5-2-6-11-21/h1-15,17H,16,18-19H2. The minimum atomic E-state index is -0.390. The SMILES string of the molecule is O=Cc1c(OCc2ccccc2)cccc1-c1cnn(CC(=O)OCc2ccccc2)c1. The Balaban J connectivity index is 1.43. The molecule has 4 aromatic rings. The number of hydrogen-bond acceptors (Lipinski definition) is 5. The number of nitrogens with zero attached hydrogens (tertiary/aromatic N) is 2. The number of esters is 1. The first-order chi connectivity index (χ1) is 15.7. The van der Waals surface area contributed by atoms with E-state index in [1.54, 1.807) is 18.5 Å². The second kappa shape index (κ2) is 10.2. The minimum Gasteiger partial charge on any atom is -0.488 e. The second-order valence-electron chi connectivity index (χ2n) is 7.18. The summed E-state index contributed by atoms with van der Waals surface area (Å²) in [6, 6.07) is 24.7. The number of ether oxygens (including phenoxy) is 2. The normalized spacial score (nSPS) is 10.5. The molecule has 0 radical (unpaired) electrons. The predicted octanol–water partition coefficient (Wildman–Crippen LogP) is 4.69. The fourth-order valence-corrected chi connectivity index (χ4v) is 3.28. The monoisotopic (exact) mass is 426 g/mol. The van der Waals surface area contributed by atoms with Crippen LogP contribution in [-0.2, 0) is 29.3 Å². The molecule has 1 heterocycles. The summed E-state index contributed by atoms with van der Waals surface area (Å²) in [6.45, 7) is 0.551. The van der Waals surface area contributed by atoms with Crippen molar-refractivity contribution in [2.45, 2.75) is 19.8 Å². The van der Waals surface area contributed by atoms with Crippen molar-refractivity contribution >= 4 is 12.3 Å². The molecular weight excluding hydrogens is 404 g/mol. The van der Waals surface area contributed by atoms with Crippen LogP contribution in [-0.4, -0.2) is 22.0 Å². The molecule has 1 aromatic heterocycles. The van der Waals surface area contributed by atoms with Crippen LogP contribution in [0.3, 0.4) is 0 Å². The molecule has 32 heavy (non-hydrogen) atoms. The molecule has 0 aliphatic rings. The van der Waals surface area contributed by atoms with Crippen LogP contribution in [0.25, 0.3) is 11.1 Å². The zero-order valence-corrected chi connectivity index (χ0v) is 17.4. The van der Waals surface area contributed by atoms with Crippen LogP contribution in [0, 0.1) is 0 Å². The van der Waals surface area contributed by atoms with Crippen LogP contribution in [0.1, 0.15) is 21.5 Å². The van der Waals surface area contributed by atoms with E-state index in [0.29, 0.717) is 29.0 Å². The fraction of sp³-hybridized carbons (Fsp3) is 0.115. The van der Waals surface area contributed by atoms with E-state index in [-0.39, 0.29) is 19.1 Å². The van der Waals surface area contributed by atoms with Gasteiger partial charge in [0, 0.05) is 11.8 Å². The van der Waals surface area contributed by atoms with Crippen LogP contribution in [0.2, 0.25) is 0 Å². The number of aldehydes is 1. The van der Waals surface area contributed by atoms with E-state index in [9.17, 15) is 9.59 Å². The number of benzene rings is 3. The molecule has 0 aliphatic heterocycles. The van der Waals surface area contributed by atoms with Crippen molar-refractivity contribution in [2.24, 2.45) is 0 Å². The van der Waals surface area contributed by atoms with E-state index in [4.69, 9.17) is 9.47 Å². The minimum absolute atomic E-state index is 0.0204. The molecule has 4 rings (SSSR count). The summed E-state index contributed by atoms with van der Waals surface area (Å²) in [6.07, 6.45) is 4.11. The molecule has 6 heteroatoms. The molecule has 0 amide bonds. The number of aromatic nitrogens is 2. The lowest BCUT2D eigenvalue weighted by molar-refractivity contribution is -0.145. The lowest BCUT2D eigenvalue weighted by Gasteiger charge is -2.11. The first kappa shape index (κ1) is 21.1. The third-order valence-corrected chi connectivity index (χ3v) is 4.90. The molecule has 0 bridgehead atoms. The van der Waals surface area contributed by atoms with E-state index >= 15 is 0 Å². The van der Waals surface area contributed by atoms with Gasteiger partial charge in [0.05, 0.1) is 11.8 Å². The van der Waals surface area contributed by atoms with Crippen LogP contribution in [0.15, 0.2) is 91.3 Å². The molecule has 6 nitrogen and oxygen atoms in total. The van der Waals surface area contributed by atoms with E-state index in [0.717, 1.165) is 17.4 Å². The topological polar surface area (TPSA) is 70.4 Å². The van der Waals surface area contributed by atoms with Gasteiger partial charge in [-0.15, -0.1) is 0 Å². The number of hydrogen-bond donors (Lipinski definition) is 0. The summed E-state index contributed by atoms with van der Waals surface area (Å²) in [7, 11) is 0. The summed E-state index contributed by atoms with van der Waals surface area (Å²) in [5.41, 5.74) is 3.78. The van der Waals surface area contributed by atoms with Crippen LogP contribution in [0.4, 0.5) is 0 Å². The average molecular weight is 426 g/mol. The van der Waals surface area contributed by atoms with Crippen molar-refractivity contribution < 1.29 is 19.1 Å². The van der Waals surface area contributed by atoms with Crippen molar-refractivity contribution in [3.05, 3.63) is 108 Å². The lowest BCUT2D eigenvalue weighted by Crippen LogP contribution is -2.13. The number of rotatable bonds is 9. The van der Waals surface area contributed by atoms with E-state index in [2.05, 4.69) is 5.10 Å². The van der Waals surface area contributed by atoms with Gasteiger partial charge in [-0.25, -0.2) is 0 Å². The largest absolute Gasteiger partial charge is 0.488 e. The molecule has 0 fully saturated rings. The van der Waals surface area contributed by atoms with Crippen LogP contribution >= 0.6 is 0 Å². The van der Waals surface area contributed by atoms with Gasteiger partial charge in [0.15, 0.2) is 6.29 Å². The maximum atomic E-state index is 12.2. The van der Waals surface area contributed by atoms with E-state index in [1.807, 2.05) is 72.8 Å². The zero-order chi connectivity index (χ0) is 22.2. The predicted molar refractivity (Wildman–Crippen MR) is 120 cm³/mol. The molecule has 3 aromatic carbocycles. The molecule has 0 unspecified atom stereocenters. The Hall–Kier alpha value is -4.19. The highest BCUT2D eigenvalue weighted by Gasteiger charge is 2.14. The second-order valence-corrected chi connectivity index (χ2v) is 7.18. The number of carbonyl (C=O) groups excluding carboxylic acids is 2. The van der Waals surface area contributed by atoms with Gasteiger partial charge in [-0.3, -0.25) is 14.3 Å². The molecule has 0 N–H and O–H groups in total. The summed E-state index contributed by atoms with van der Waals surface area (Å²) in [4.78, 5) is 24.0. The van der Waals surface area contributed by atoms with Crippen molar-refractivity contribution in [3.8, 4) is 16.9 Å². The Morgan fingerprint density at radius 3 is 2.25 bits per heavy atom. The van der Waals surface area contributed by atoms with Gasteiger partial charge in [0.1, 0.15) is 25.5 Å². The molecular formula is C26H22N2O4. The molecule has 160 valence electrons. The molecule has 0 saturated carbocycles. The Morgan fingerprint density at radius 1 is 0.875 bits per heavy atom. The molecule has 0 spiro atoms. The summed E-state index contributed by atoms with van der Waals surface area (Å²) < 4.78 is 12.7. The van der Waals surface area contributed by atoms with Gasteiger partial charge in [0.25, 0.3) is 0 Å². The first-order valence-electron chi connectivity index (χ1n) is 10.2. The molecule has 0 aliphatic carbocycles. The van der Waals surface area contributed by atoms with Crippen LogP contribution in [0.5, 0.6) is 5.75 Å². The maximum Gasteiger partial charge on any atom is 0.328 e. The Bertz CT molecular complexity index is 1190. The lowest BCUT2D eigenvalue weighted by atomic mass is 10.0. The quantitative estimate of drug-likeness (QED) is 0.287. The Kier molecular flexibility index (Phi) is 6.72. The number of carbonyl (C=O) groups is 2. The van der Waals surface area contributed by atoms with Gasteiger partial charge in [-0.05, 0) is 22.8 Å². The Labute approximate surface area is 186 Å². The van der Waals surface area contributed by atoms with Gasteiger partial charge in [-0.1, -0.05) is 72.8 Å². The highest BCUT2D eigenvalue weighted by Crippen LogP contribution is 2.29.